The van der Waals surface area contributed by atoms with Crippen molar-refractivity contribution in [1.82, 2.24) is 15.3 Å². The van der Waals surface area contributed by atoms with Crippen molar-refractivity contribution < 1.29 is 0 Å². The summed E-state index contributed by atoms with van der Waals surface area (Å²) in [5, 5.41) is 3.38. The van der Waals surface area contributed by atoms with Gasteiger partial charge in [0.2, 0.25) is 0 Å². The van der Waals surface area contributed by atoms with Gasteiger partial charge in [0.05, 0.1) is 0 Å². The third-order valence-electron chi connectivity index (χ3n) is 4.72. The lowest BCUT2D eigenvalue weighted by atomic mass is 10.0. The molecule has 1 saturated carbocycles. The Morgan fingerprint density at radius 1 is 1.10 bits per heavy atom. The fraction of sp³-hybridized carbons (Fsp3) is 0.765. The van der Waals surface area contributed by atoms with E-state index in [9.17, 15) is 0 Å². The molecule has 20 heavy (non-hydrogen) atoms. The van der Waals surface area contributed by atoms with Crippen molar-refractivity contribution >= 4 is 0 Å². The molecule has 0 bridgehead atoms. The third-order valence-corrected chi connectivity index (χ3v) is 4.72. The van der Waals surface area contributed by atoms with Crippen LogP contribution < -0.4 is 5.32 Å². The molecule has 1 fully saturated rings. The summed E-state index contributed by atoms with van der Waals surface area (Å²) in [6.07, 6.45) is 6.24. The number of nitrogens with one attached hydrogen (secondary N) is 1. The lowest BCUT2D eigenvalue weighted by Crippen LogP contribution is -2.18. The SMILES string of the molecule is CCNCCc1c(C)nc(C2CCC(CC)C2)nc1C. The van der Waals surface area contributed by atoms with Crippen molar-refractivity contribution in [2.24, 2.45) is 5.92 Å². The Morgan fingerprint density at radius 3 is 2.35 bits per heavy atom. The van der Waals surface area contributed by atoms with Crippen LogP contribution in [-0.2, 0) is 6.42 Å². The van der Waals surface area contributed by atoms with Crippen molar-refractivity contribution in [3.05, 3.63) is 22.8 Å². The molecule has 2 unspecified atom stereocenters. The summed E-state index contributed by atoms with van der Waals surface area (Å²) in [5.41, 5.74) is 3.70. The quantitative estimate of drug-likeness (QED) is 0.807. The largest absolute Gasteiger partial charge is 0.317 e. The Hall–Kier alpha value is -0.960. The van der Waals surface area contributed by atoms with Crippen LogP contribution in [0, 0.1) is 19.8 Å². The van der Waals surface area contributed by atoms with Crippen LogP contribution in [0.1, 0.15) is 68.2 Å². The highest BCUT2D eigenvalue weighted by Gasteiger charge is 2.27. The number of hydrogen-bond acceptors (Lipinski definition) is 3. The summed E-state index contributed by atoms with van der Waals surface area (Å²) in [7, 11) is 0. The predicted octanol–water partition coefficient (Wildman–Crippen LogP) is 3.54. The van der Waals surface area contributed by atoms with Gasteiger partial charge in [0.25, 0.3) is 0 Å². The summed E-state index contributed by atoms with van der Waals surface area (Å²) >= 11 is 0. The van der Waals surface area contributed by atoms with Gasteiger partial charge in [-0.2, -0.15) is 0 Å². The van der Waals surface area contributed by atoms with Gasteiger partial charge in [0, 0.05) is 17.3 Å². The fourth-order valence-electron chi connectivity index (χ4n) is 3.38. The van der Waals surface area contributed by atoms with Crippen LogP contribution in [0.4, 0.5) is 0 Å². The van der Waals surface area contributed by atoms with E-state index in [1.807, 2.05) is 0 Å². The van der Waals surface area contributed by atoms with Gasteiger partial charge in [0.15, 0.2) is 0 Å². The van der Waals surface area contributed by atoms with Crippen molar-refractivity contribution in [3.8, 4) is 0 Å². The molecule has 1 heterocycles. The number of hydrogen-bond donors (Lipinski definition) is 1. The molecule has 1 aromatic heterocycles. The molecule has 0 aliphatic heterocycles. The molecule has 1 N–H and O–H groups in total. The van der Waals surface area contributed by atoms with E-state index < -0.39 is 0 Å². The monoisotopic (exact) mass is 275 g/mol. The number of aryl methyl sites for hydroxylation is 2. The average molecular weight is 275 g/mol. The van der Waals surface area contributed by atoms with E-state index in [1.54, 1.807) is 0 Å². The van der Waals surface area contributed by atoms with E-state index in [2.05, 4.69) is 33.0 Å². The molecule has 1 aliphatic rings. The number of rotatable bonds is 6. The molecular weight excluding hydrogens is 246 g/mol. The Balaban J connectivity index is 2.09. The molecule has 1 aromatic rings. The summed E-state index contributed by atoms with van der Waals surface area (Å²) in [6, 6.07) is 0. The maximum absolute atomic E-state index is 4.82. The van der Waals surface area contributed by atoms with Crippen molar-refractivity contribution in [1.29, 1.82) is 0 Å². The standard InChI is InChI=1S/C17H29N3/c1-5-14-7-8-15(11-14)17-19-12(3)16(13(4)20-17)9-10-18-6-2/h14-15,18H,5-11H2,1-4H3. The average Bonchev–Trinajstić information content (AvgIpc) is 2.90. The van der Waals surface area contributed by atoms with Gasteiger partial charge in [-0.3, -0.25) is 0 Å². The Bertz CT molecular complexity index is 419. The molecule has 0 saturated heterocycles. The number of likely N-dealkylation sites (N-methyl/N-ethyl adjacent to an activating group) is 1. The van der Waals surface area contributed by atoms with E-state index in [-0.39, 0.29) is 0 Å². The second kappa shape index (κ2) is 7.16. The van der Waals surface area contributed by atoms with Gasteiger partial charge in [-0.25, -0.2) is 9.97 Å². The summed E-state index contributed by atoms with van der Waals surface area (Å²) in [5.74, 6) is 2.58. The van der Waals surface area contributed by atoms with E-state index in [1.165, 1.54) is 42.6 Å². The fourth-order valence-corrected chi connectivity index (χ4v) is 3.38. The molecule has 0 spiro atoms. The van der Waals surface area contributed by atoms with Gasteiger partial charge in [-0.15, -0.1) is 0 Å². The minimum Gasteiger partial charge on any atom is -0.317 e. The van der Waals surface area contributed by atoms with Crippen molar-refractivity contribution in [2.45, 2.75) is 65.7 Å². The second-order valence-corrected chi connectivity index (χ2v) is 6.12. The van der Waals surface area contributed by atoms with Crippen LogP contribution in [0.2, 0.25) is 0 Å². The summed E-state index contributed by atoms with van der Waals surface area (Å²) in [6.45, 7) is 10.8. The van der Waals surface area contributed by atoms with Gasteiger partial charge in [-0.1, -0.05) is 20.3 Å². The molecule has 1 aliphatic carbocycles. The van der Waals surface area contributed by atoms with Gasteiger partial charge in [-0.05, 0) is 64.1 Å². The molecule has 0 radical (unpaired) electrons. The number of aromatic nitrogens is 2. The van der Waals surface area contributed by atoms with E-state index >= 15 is 0 Å². The molecular formula is C17H29N3. The zero-order valence-electron chi connectivity index (χ0n) is 13.5. The minimum absolute atomic E-state index is 0.597. The third kappa shape index (κ3) is 3.57. The highest BCUT2D eigenvalue weighted by atomic mass is 14.9. The Morgan fingerprint density at radius 2 is 1.80 bits per heavy atom. The normalized spacial score (nSPS) is 22.4. The van der Waals surface area contributed by atoms with E-state index in [0.717, 1.165) is 31.3 Å². The number of nitrogens with zero attached hydrogens (tertiary/aromatic N) is 2. The molecule has 0 amide bonds. The van der Waals surface area contributed by atoms with Crippen LogP contribution in [0.25, 0.3) is 0 Å². The Labute approximate surface area is 123 Å². The minimum atomic E-state index is 0.597. The van der Waals surface area contributed by atoms with Crippen molar-refractivity contribution in [3.63, 3.8) is 0 Å². The lowest BCUT2D eigenvalue weighted by molar-refractivity contribution is 0.515. The van der Waals surface area contributed by atoms with Crippen LogP contribution in [0.3, 0.4) is 0 Å². The first-order valence-electron chi connectivity index (χ1n) is 8.20. The smallest absolute Gasteiger partial charge is 0.131 e. The zero-order valence-corrected chi connectivity index (χ0v) is 13.5. The van der Waals surface area contributed by atoms with Crippen LogP contribution in [0.15, 0.2) is 0 Å². The molecule has 112 valence electrons. The van der Waals surface area contributed by atoms with Crippen LogP contribution >= 0.6 is 0 Å². The molecule has 2 rings (SSSR count). The first-order chi connectivity index (χ1) is 9.65. The summed E-state index contributed by atoms with van der Waals surface area (Å²) < 4.78 is 0. The van der Waals surface area contributed by atoms with Crippen LogP contribution in [-0.4, -0.2) is 23.1 Å². The molecule has 3 heteroatoms. The maximum atomic E-state index is 4.82. The van der Waals surface area contributed by atoms with E-state index in [0.29, 0.717) is 5.92 Å². The van der Waals surface area contributed by atoms with Gasteiger partial charge >= 0.3 is 0 Å². The Kier molecular flexibility index (Phi) is 5.53. The second-order valence-electron chi connectivity index (χ2n) is 6.12. The predicted molar refractivity (Wildman–Crippen MR) is 84.1 cm³/mol. The van der Waals surface area contributed by atoms with E-state index in [4.69, 9.17) is 9.97 Å². The lowest BCUT2D eigenvalue weighted by Gasteiger charge is -2.14. The highest BCUT2D eigenvalue weighted by molar-refractivity contribution is 5.25. The first-order valence-corrected chi connectivity index (χ1v) is 8.20. The van der Waals surface area contributed by atoms with Gasteiger partial charge < -0.3 is 5.32 Å². The maximum Gasteiger partial charge on any atom is 0.131 e. The molecule has 3 nitrogen and oxygen atoms in total. The summed E-state index contributed by atoms with van der Waals surface area (Å²) in [4.78, 5) is 9.65. The highest BCUT2D eigenvalue weighted by Crippen LogP contribution is 2.38. The van der Waals surface area contributed by atoms with Gasteiger partial charge in [0.1, 0.15) is 5.82 Å². The first kappa shape index (κ1) is 15.4. The molecule has 2 atom stereocenters. The van der Waals surface area contributed by atoms with Crippen molar-refractivity contribution in [2.75, 3.05) is 13.1 Å². The topological polar surface area (TPSA) is 37.8 Å². The molecule has 0 aromatic carbocycles. The van der Waals surface area contributed by atoms with Crippen LogP contribution in [0.5, 0.6) is 0 Å². The zero-order chi connectivity index (χ0) is 14.5.